The molecule has 0 aromatic rings. The highest BCUT2D eigenvalue weighted by molar-refractivity contribution is 6.46. The van der Waals surface area contributed by atoms with Gasteiger partial charge in [-0.25, -0.2) is 0 Å². The monoisotopic (exact) mass is 382 g/mol. The van der Waals surface area contributed by atoms with Crippen LogP contribution in [0.15, 0.2) is 0 Å². The Kier molecular flexibility index (Phi) is 18.9. The summed E-state index contributed by atoms with van der Waals surface area (Å²) in [4.78, 5) is 29.3. The normalized spacial score (nSPS) is 12.0. The maximum absolute atomic E-state index is 7.33. The molecule has 0 fully saturated rings. The topological polar surface area (TPSA) is 99.4 Å². The van der Waals surface area contributed by atoms with Crippen LogP contribution in [0, 0.1) is 0 Å². The third kappa shape index (κ3) is 21.9. The molecule has 0 amide bonds. The van der Waals surface area contributed by atoms with Gasteiger partial charge in [0.2, 0.25) is 0 Å². The number of ether oxygens (including phenoxy) is 2. The molecule has 0 unspecified atom stereocenters. The number of hydrogen-bond donors (Lipinski definition) is 4. The summed E-state index contributed by atoms with van der Waals surface area (Å²) < 4.78 is 12.3. The van der Waals surface area contributed by atoms with Gasteiger partial charge >= 0.3 is 9.05 Å². The summed E-state index contributed by atoms with van der Waals surface area (Å²) in [5.41, 5.74) is -0.0189. The molecule has 0 heterocycles. The van der Waals surface area contributed by atoms with Crippen molar-refractivity contribution in [2.45, 2.75) is 97.5 Å². The molecule has 0 radical (unpaired) electrons. The molecule has 25 heavy (non-hydrogen) atoms. The second kappa shape index (κ2) is 17.4. The van der Waals surface area contributed by atoms with Gasteiger partial charge in [0.15, 0.2) is 0 Å². The van der Waals surface area contributed by atoms with Crippen molar-refractivity contribution in [3.63, 3.8) is 0 Å². The van der Waals surface area contributed by atoms with Gasteiger partial charge in [0, 0.05) is 13.2 Å². The van der Waals surface area contributed by atoms with E-state index in [1.165, 1.54) is 38.5 Å². The third-order valence-corrected chi connectivity index (χ3v) is 3.89. The Morgan fingerprint density at radius 2 is 1.08 bits per heavy atom. The molecule has 154 valence electrons. The van der Waals surface area contributed by atoms with Crippen LogP contribution < -0.4 is 0 Å². The van der Waals surface area contributed by atoms with Gasteiger partial charge in [0.25, 0.3) is 0 Å². The number of rotatable bonds is 15. The predicted molar refractivity (Wildman–Crippen MR) is 103 cm³/mol. The van der Waals surface area contributed by atoms with E-state index in [0.717, 1.165) is 45.5 Å². The maximum atomic E-state index is 7.33. The molecule has 6 nitrogen and oxygen atoms in total. The lowest BCUT2D eigenvalue weighted by atomic mass is 9.91. The van der Waals surface area contributed by atoms with Gasteiger partial charge in [-0.15, -0.1) is 0 Å². The molecule has 0 aliphatic carbocycles. The molecule has 0 aromatic carbocycles. The number of hydrogen-bond acceptors (Lipinski definition) is 6. The summed E-state index contributed by atoms with van der Waals surface area (Å²) in [6.07, 6.45) is 12.0. The van der Waals surface area contributed by atoms with Crippen molar-refractivity contribution in [2.75, 3.05) is 19.8 Å². The molecule has 0 aliphatic heterocycles. The van der Waals surface area contributed by atoms with Crippen LogP contribution in [0.3, 0.4) is 0 Å². The zero-order valence-corrected chi connectivity index (χ0v) is 17.8. The second-order valence-corrected chi connectivity index (χ2v) is 7.80. The average molecular weight is 383 g/mol. The largest absolute Gasteiger partial charge is 0.668 e. The van der Waals surface area contributed by atoms with E-state index in [1.807, 2.05) is 0 Å². The van der Waals surface area contributed by atoms with Crippen molar-refractivity contribution in [3.8, 4) is 0 Å². The van der Waals surface area contributed by atoms with Crippen LogP contribution >= 0.6 is 0 Å². The minimum Gasteiger partial charge on any atom is -0.378 e. The zero-order valence-electron chi connectivity index (χ0n) is 16.8. The van der Waals surface area contributed by atoms with Crippen LogP contribution in [0.2, 0.25) is 0 Å². The Balaban J connectivity index is 0. The Bertz CT molecular complexity index is 257. The van der Waals surface area contributed by atoms with E-state index in [4.69, 9.17) is 28.7 Å². The fraction of sp³-hybridized carbons (Fsp3) is 1.00. The van der Waals surface area contributed by atoms with Crippen molar-refractivity contribution in [2.24, 2.45) is 0 Å². The molecule has 0 rings (SSSR count). The molecule has 0 aliphatic rings. The quantitative estimate of drug-likeness (QED) is 0.256. The van der Waals surface area contributed by atoms with Gasteiger partial charge in [-0.05, 0) is 25.7 Å². The van der Waals surface area contributed by atoms with Crippen molar-refractivity contribution >= 4 is 9.05 Å². The standard InChI is InChI=1S/C18H38O2.H4O4Si/c1-5-9-13-18(14-10-6-2,20-16-12-8-4)17-19-15-11-7-3;1-5(2,3)4/h5-17H2,1-4H3;1-4H. The second-order valence-electron chi connectivity index (χ2n) is 6.60. The van der Waals surface area contributed by atoms with E-state index in [0.29, 0.717) is 0 Å². The van der Waals surface area contributed by atoms with Crippen molar-refractivity contribution in [1.82, 2.24) is 0 Å². The van der Waals surface area contributed by atoms with Crippen LogP contribution in [0.25, 0.3) is 0 Å². The summed E-state index contributed by atoms with van der Waals surface area (Å²) in [7, 11) is -4.61. The molecule has 0 saturated heterocycles. The smallest absolute Gasteiger partial charge is 0.378 e. The van der Waals surface area contributed by atoms with Gasteiger partial charge in [-0.1, -0.05) is 66.2 Å². The molecule has 4 N–H and O–H groups in total. The minimum atomic E-state index is -4.61. The van der Waals surface area contributed by atoms with E-state index >= 15 is 0 Å². The first kappa shape index (κ1) is 27.2. The molecule has 7 heteroatoms. The molecular formula is C18H42O6Si. The van der Waals surface area contributed by atoms with Crippen LogP contribution in [0.5, 0.6) is 0 Å². The van der Waals surface area contributed by atoms with Crippen LogP contribution in [-0.4, -0.2) is 53.7 Å². The zero-order chi connectivity index (χ0) is 19.6. The summed E-state index contributed by atoms with van der Waals surface area (Å²) in [6.45, 7) is 11.5. The van der Waals surface area contributed by atoms with Crippen LogP contribution in [-0.2, 0) is 9.47 Å². The van der Waals surface area contributed by atoms with Gasteiger partial charge in [0.1, 0.15) is 0 Å². The Morgan fingerprint density at radius 1 is 0.680 bits per heavy atom. The lowest BCUT2D eigenvalue weighted by Crippen LogP contribution is -2.38. The first-order valence-corrected chi connectivity index (χ1v) is 11.6. The first-order chi connectivity index (χ1) is 11.7. The summed E-state index contributed by atoms with van der Waals surface area (Å²) in [5.74, 6) is 0. The fourth-order valence-corrected chi connectivity index (χ4v) is 2.39. The molecule has 0 spiro atoms. The average Bonchev–Trinajstić information content (AvgIpc) is 2.53. The van der Waals surface area contributed by atoms with E-state index < -0.39 is 9.05 Å². The van der Waals surface area contributed by atoms with Gasteiger partial charge in [0.05, 0.1) is 12.2 Å². The Labute approximate surface area is 155 Å². The molecule has 0 saturated carbocycles. The van der Waals surface area contributed by atoms with E-state index in [1.54, 1.807) is 0 Å². The predicted octanol–water partition coefficient (Wildman–Crippen LogP) is 3.13. The summed E-state index contributed by atoms with van der Waals surface area (Å²) in [5, 5.41) is 0. The fourth-order valence-electron chi connectivity index (χ4n) is 2.39. The molecular weight excluding hydrogens is 340 g/mol. The highest BCUT2D eigenvalue weighted by atomic mass is 28.4. The van der Waals surface area contributed by atoms with Crippen molar-refractivity contribution in [3.05, 3.63) is 0 Å². The van der Waals surface area contributed by atoms with Gasteiger partial charge in [-0.3, -0.25) is 0 Å². The Morgan fingerprint density at radius 3 is 1.48 bits per heavy atom. The third-order valence-electron chi connectivity index (χ3n) is 3.89. The number of unbranched alkanes of at least 4 members (excludes halogenated alkanes) is 4. The van der Waals surface area contributed by atoms with Crippen LogP contribution in [0.4, 0.5) is 0 Å². The van der Waals surface area contributed by atoms with Gasteiger partial charge < -0.3 is 28.7 Å². The summed E-state index contributed by atoms with van der Waals surface area (Å²) in [6, 6.07) is 0. The summed E-state index contributed by atoms with van der Waals surface area (Å²) >= 11 is 0. The highest BCUT2D eigenvalue weighted by Gasteiger charge is 2.30. The molecule has 0 aromatic heterocycles. The van der Waals surface area contributed by atoms with E-state index in [9.17, 15) is 0 Å². The minimum absolute atomic E-state index is 0.0189. The van der Waals surface area contributed by atoms with E-state index in [2.05, 4.69) is 27.7 Å². The SMILES string of the molecule is CCCCOCC(CCCC)(CCCC)OCCCC.O[Si](O)(O)O. The maximum Gasteiger partial charge on any atom is 0.668 e. The van der Waals surface area contributed by atoms with Crippen LogP contribution in [0.1, 0.15) is 91.9 Å². The molecule has 0 bridgehead atoms. The lowest BCUT2D eigenvalue weighted by Gasteiger charge is -2.34. The van der Waals surface area contributed by atoms with Gasteiger partial charge in [-0.2, -0.15) is 0 Å². The Hall–Kier alpha value is -0.0231. The molecule has 0 atom stereocenters. The van der Waals surface area contributed by atoms with E-state index in [-0.39, 0.29) is 5.60 Å². The highest BCUT2D eigenvalue weighted by Crippen LogP contribution is 2.27. The first-order valence-electron chi connectivity index (χ1n) is 9.85. The van der Waals surface area contributed by atoms with Crippen molar-refractivity contribution < 1.29 is 28.7 Å². The van der Waals surface area contributed by atoms with Crippen molar-refractivity contribution in [1.29, 1.82) is 0 Å². The lowest BCUT2D eigenvalue weighted by molar-refractivity contribution is -0.110.